The molecular formula is C27H28N6O. The summed E-state index contributed by atoms with van der Waals surface area (Å²) in [7, 11) is 0. The van der Waals surface area contributed by atoms with Crippen LogP contribution in [0.2, 0.25) is 0 Å². The average Bonchev–Trinajstić information content (AvgIpc) is 3.35. The highest BCUT2D eigenvalue weighted by Gasteiger charge is 2.25. The number of pyridine rings is 1. The Kier molecular flexibility index (Phi) is 5.40. The molecule has 0 spiro atoms. The number of anilines is 2. The maximum absolute atomic E-state index is 12.0. The summed E-state index contributed by atoms with van der Waals surface area (Å²) in [6.45, 7) is 10.9. The molecule has 1 aliphatic rings. The molecule has 0 saturated heterocycles. The van der Waals surface area contributed by atoms with Gasteiger partial charge in [0.15, 0.2) is 5.82 Å². The van der Waals surface area contributed by atoms with Crippen LogP contribution in [0.15, 0.2) is 48.7 Å². The maximum atomic E-state index is 12.0. The zero-order valence-corrected chi connectivity index (χ0v) is 20.1. The van der Waals surface area contributed by atoms with Crippen LogP contribution in [-0.2, 0) is 6.54 Å². The topological polar surface area (TPSA) is 84.7 Å². The Labute approximate surface area is 199 Å². The third kappa shape index (κ3) is 3.83. The summed E-state index contributed by atoms with van der Waals surface area (Å²) in [5.74, 6) is 1.33. The van der Waals surface area contributed by atoms with Crippen molar-refractivity contribution in [3.8, 4) is 22.5 Å². The number of nitrogens with zero attached hydrogens (tertiary/aromatic N) is 4. The van der Waals surface area contributed by atoms with E-state index in [-0.39, 0.29) is 11.9 Å². The van der Waals surface area contributed by atoms with Gasteiger partial charge in [-0.15, -0.1) is 5.10 Å². The lowest BCUT2D eigenvalue weighted by molar-refractivity contribution is 0.0958. The predicted octanol–water partition coefficient (Wildman–Crippen LogP) is 5.50. The quantitative estimate of drug-likeness (QED) is 0.418. The maximum Gasteiger partial charge on any atom is 0.252 e. The second-order valence-corrected chi connectivity index (χ2v) is 8.87. The van der Waals surface area contributed by atoms with Crippen molar-refractivity contribution >= 4 is 17.5 Å². The second kappa shape index (κ2) is 8.41. The van der Waals surface area contributed by atoms with Gasteiger partial charge in [-0.05, 0) is 87.2 Å². The molecule has 0 fully saturated rings. The van der Waals surface area contributed by atoms with Gasteiger partial charge in [-0.25, -0.2) is 4.68 Å². The van der Waals surface area contributed by atoms with Gasteiger partial charge < -0.3 is 10.6 Å². The Bertz CT molecular complexity index is 1400. The van der Waals surface area contributed by atoms with E-state index in [2.05, 4.69) is 47.7 Å². The minimum Gasteiger partial charge on any atom is -0.345 e. The molecule has 1 atom stereocenters. The Hall–Kier alpha value is -4.00. The number of rotatable bonds is 5. The molecule has 0 saturated carbocycles. The van der Waals surface area contributed by atoms with E-state index in [0.29, 0.717) is 18.3 Å². The Morgan fingerprint density at radius 1 is 1.00 bits per heavy atom. The largest absolute Gasteiger partial charge is 0.345 e. The van der Waals surface area contributed by atoms with Gasteiger partial charge in [0.25, 0.3) is 5.91 Å². The Morgan fingerprint density at radius 3 is 2.50 bits per heavy atom. The van der Waals surface area contributed by atoms with Crippen molar-refractivity contribution in [2.24, 2.45) is 0 Å². The smallest absolute Gasteiger partial charge is 0.252 e. The first kappa shape index (κ1) is 21.8. The van der Waals surface area contributed by atoms with Crippen molar-refractivity contribution in [3.63, 3.8) is 0 Å². The van der Waals surface area contributed by atoms with Crippen LogP contribution >= 0.6 is 0 Å². The summed E-state index contributed by atoms with van der Waals surface area (Å²) >= 11 is 0. The first-order valence-electron chi connectivity index (χ1n) is 11.6. The molecule has 7 nitrogen and oxygen atoms in total. The van der Waals surface area contributed by atoms with Crippen molar-refractivity contribution in [2.75, 3.05) is 5.32 Å². The number of carbonyl (C=O) groups is 1. The van der Waals surface area contributed by atoms with Gasteiger partial charge in [0.05, 0.1) is 6.04 Å². The van der Waals surface area contributed by atoms with Gasteiger partial charge in [0.2, 0.25) is 5.95 Å². The van der Waals surface area contributed by atoms with Crippen molar-refractivity contribution < 1.29 is 4.79 Å². The fraction of sp³-hybridized carbons (Fsp3) is 0.259. The molecule has 3 heterocycles. The molecule has 4 aromatic rings. The zero-order valence-electron chi connectivity index (χ0n) is 20.1. The highest BCUT2D eigenvalue weighted by Crippen LogP contribution is 2.32. The minimum atomic E-state index is -0.0243. The van der Waals surface area contributed by atoms with Crippen molar-refractivity contribution in [1.29, 1.82) is 0 Å². The molecule has 1 amide bonds. The van der Waals surface area contributed by atoms with Crippen molar-refractivity contribution in [2.45, 2.75) is 47.2 Å². The highest BCUT2D eigenvalue weighted by atomic mass is 16.2. The van der Waals surface area contributed by atoms with Gasteiger partial charge in [-0.1, -0.05) is 12.1 Å². The van der Waals surface area contributed by atoms with Gasteiger partial charge in [-0.2, -0.15) is 4.98 Å². The summed E-state index contributed by atoms with van der Waals surface area (Å²) in [6.07, 6.45) is 1.92. The van der Waals surface area contributed by atoms with E-state index in [1.54, 1.807) is 0 Å². The third-order valence-electron chi connectivity index (χ3n) is 6.37. The lowest BCUT2D eigenvalue weighted by Crippen LogP contribution is -2.16. The number of hydrogen-bond acceptors (Lipinski definition) is 5. The van der Waals surface area contributed by atoms with Crippen LogP contribution in [0.4, 0.5) is 11.6 Å². The van der Waals surface area contributed by atoms with Crippen molar-refractivity contribution in [1.82, 2.24) is 25.1 Å². The summed E-state index contributed by atoms with van der Waals surface area (Å²) < 4.78 is 1.86. The molecule has 7 heteroatoms. The molecule has 2 aromatic carbocycles. The predicted molar refractivity (Wildman–Crippen MR) is 134 cm³/mol. The molecule has 0 bridgehead atoms. The first-order valence-corrected chi connectivity index (χ1v) is 11.6. The summed E-state index contributed by atoms with van der Waals surface area (Å²) in [4.78, 5) is 21.3. The number of aromatic nitrogens is 4. The molecule has 172 valence electrons. The molecule has 34 heavy (non-hydrogen) atoms. The summed E-state index contributed by atoms with van der Waals surface area (Å²) in [5.41, 5.74) is 9.14. The van der Waals surface area contributed by atoms with E-state index in [0.717, 1.165) is 50.3 Å². The molecule has 1 unspecified atom stereocenters. The molecule has 0 radical (unpaired) electrons. The molecule has 0 aliphatic carbocycles. The van der Waals surface area contributed by atoms with Crippen LogP contribution in [0.5, 0.6) is 0 Å². The number of nitrogens with one attached hydrogen (secondary N) is 2. The van der Waals surface area contributed by atoms with E-state index in [4.69, 9.17) is 10.1 Å². The number of carbonyl (C=O) groups excluding carboxylic acids is 1. The number of fused-ring (bicyclic) bond motifs is 1. The molecule has 2 aromatic heterocycles. The second-order valence-electron chi connectivity index (χ2n) is 8.87. The number of amides is 1. The SMILES string of the molecule is CCn1nc(-c2cc(C)c(-c3ccc(C)nc3)cc2C)nc1Nc1ccc2c(c1)C(C)NC2=O. The van der Waals surface area contributed by atoms with E-state index < -0.39 is 0 Å². The lowest BCUT2D eigenvalue weighted by Gasteiger charge is -2.11. The van der Waals surface area contributed by atoms with Gasteiger partial charge in [0.1, 0.15) is 0 Å². The molecule has 1 aliphatic heterocycles. The van der Waals surface area contributed by atoms with E-state index in [1.165, 1.54) is 0 Å². The van der Waals surface area contributed by atoms with E-state index in [9.17, 15) is 4.79 Å². The van der Waals surface area contributed by atoms with Crippen LogP contribution in [0.3, 0.4) is 0 Å². The number of hydrogen-bond donors (Lipinski definition) is 2. The number of benzene rings is 2. The summed E-state index contributed by atoms with van der Waals surface area (Å²) in [5, 5.41) is 11.1. The first-order chi connectivity index (χ1) is 16.3. The van der Waals surface area contributed by atoms with Crippen molar-refractivity contribution in [3.05, 3.63) is 76.6 Å². The molecular weight excluding hydrogens is 424 g/mol. The zero-order chi connectivity index (χ0) is 24.0. The molecule has 2 N–H and O–H groups in total. The normalized spacial score (nSPS) is 14.7. The fourth-order valence-electron chi connectivity index (χ4n) is 4.45. The van der Waals surface area contributed by atoms with Crippen LogP contribution in [0.1, 0.15) is 52.6 Å². The monoisotopic (exact) mass is 452 g/mol. The van der Waals surface area contributed by atoms with Gasteiger partial charge in [0, 0.05) is 40.8 Å². The van der Waals surface area contributed by atoms with Crippen LogP contribution in [-0.4, -0.2) is 25.7 Å². The number of aryl methyl sites for hydroxylation is 4. The highest BCUT2D eigenvalue weighted by molar-refractivity contribution is 5.99. The average molecular weight is 453 g/mol. The minimum absolute atomic E-state index is 0.00303. The Morgan fingerprint density at radius 2 is 1.76 bits per heavy atom. The van der Waals surface area contributed by atoms with Gasteiger partial charge >= 0.3 is 0 Å². The third-order valence-corrected chi connectivity index (χ3v) is 6.37. The standard InChI is InChI=1S/C27H28N6O/c1-6-33-27(30-20-9-10-21-24(13-20)18(5)29-26(21)34)31-25(32-33)23-12-15(2)22(11-16(23)3)19-8-7-17(4)28-14-19/h7-14,18H,6H2,1-5H3,(H,29,34)(H,30,31,32). The van der Waals surface area contributed by atoms with Crippen LogP contribution in [0, 0.1) is 20.8 Å². The fourth-order valence-corrected chi connectivity index (χ4v) is 4.45. The van der Waals surface area contributed by atoms with E-state index in [1.807, 2.05) is 55.9 Å². The van der Waals surface area contributed by atoms with Crippen LogP contribution < -0.4 is 10.6 Å². The van der Waals surface area contributed by atoms with E-state index >= 15 is 0 Å². The summed E-state index contributed by atoms with van der Waals surface area (Å²) in [6, 6.07) is 14.2. The van der Waals surface area contributed by atoms with Crippen LogP contribution in [0.25, 0.3) is 22.5 Å². The molecule has 5 rings (SSSR count). The lowest BCUT2D eigenvalue weighted by atomic mass is 9.95. The van der Waals surface area contributed by atoms with Gasteiger partial charge in [-0.3, -0.25) is 9.78 Å². The Balaban J connectivity index is 1.48.